The zero-order valence-corrected chi connectivity index (χ0v) is 16.7. The van der Waals surface area contributed by atoms with Crippen molar-refractivity contribution in [3.05, 3.63) is 63.9 Å². The summed E-state index contributed by atoms with van der Waals surface area (Å²) in [7, 11) is -3.98. The van der Waals surface area contributed by atoms with Gasteiger partial charge in [0.25, 0.3) is 0 Å². The van der Waals surface area contributed by atoms with Crippen LogP contribution in [-0.4, -0.2) is 19.6 Å². The summed E-state index contributed by atoms with van der Waals surface area (Å²) in [6.07, 6.45) is 2.23. The normalized spacial score (nSPS) is 11.7. The summed E-state index contributed by atoms with van der Waals surface area (Å²) < 4.78 is 33.5. The van der Waals surface area contributed by atoms with Crippen LogP contribution < -0.4 is 10.2 Å². The monoisotopic (exact) mass is 405 g/mol. The summed E-state index contributed by atoms with van der Waals surface area (Å²) in [6.45, 7) is 4.89. The fourth-order valence-corrected chi connectivity index (χ4v) is 4.46. The number of hydrogen-bond donors (Lipinski definition) is 0. The Morgan fingerprint density at radius 2 is 1.78 bits per heavy atom. The maximum atomic E-state index is 13.1. The summed E-state index contributed by atoms with van der Waals surface area (Å²) in [6, 6.07) is 11.0. The molecule has 7 heteroatoms. The molecule has 3 rings (SSSR count). The first-order valence-electron chi connectivity index (χ1n) is 8.69. The molecule has 0 fully saturated rings. The molecule has 0 aliphatic heterocycles. The summed E-state index contributed by atoms with van der Waals surface area (Å²) in [4.78, 5) is 12.8. The van der Waals surface area contributed by atoms with Crippen LogP contribution in [0.15, 0.2) is 63.2 Å². The summed E-state index contributed by atoms with van der Waals surface area (Å²) in [5, 5.41) is 0.752. The van der Waals surface area contributed by atoms with Gasteiger partial charge in [-0.25, -0.2) is 8.42 Å². The van der Waals surface area contributed by atoms with Gasteiger partial charge < -0.3 is 9.30 Å². The number of rotatable bonds is 6. The van der Waals surface area contributed by atoms with Crippen molar-refractivity contribution in [2.75, 3.05) is 6.61 Å². The lowest BCUT2D eigenvalue weighted by molar-refractivity contribution is 0.340. The van der Waals surface area contributed by atoms with E-state index in [-0.39, 0.29) is 9.79 Å². The minimum absolute atomic E-state index is 0.0346. The molecule has 0 unspecified atom stereocenters. The first-order chi connectivity index (χ1) is 12.9. The minimum Gasteiger partial charge on any atom is -0.494 e. The standard InChI is InChI=1S/C20H20ClNO4S/c1-3-11-22-13-19(27(24,25)16-8-5-14(21)6-9-16)20(23)17-12-15(26-4-2)7-10-18(17)22/h5-10,12-13H,3-4,11H2,1-2H3. The second kappa shape index (κ2) is 7.74. The highest BCUT2D eigenvalue weighted by atomic mass is 35.5. The molecule has 0 aliphatic carbocycles. The van der Waals surface area contributed by atoms with E-state index in [4.69, 9.17) is 16.3 Å². The first-order valence-corrected chi connectivity index (χ1v) is 10.5. The Labute approximate surface area is 163 Å². The largest absolute Gasteiger partial charge is 0.494 e. The Bertz CT molecular complexity index is 1140. The van der Waals surface area contributed by atoms with Gasteiger partial charge in [0, 0.05) is 17.8 Å². The van der Waals surface area contributed by atoms with Gasteiger partial charge in [0.1, 0.15) is 10.6 Å². The number of nitrogens with zero attached hydrogens (tertiary/aromatic N) is 1. The first kappa shape index (κ1) is 19.5. The van der Waals surface area contributed by atoms with Crippen LogP contribution >= 0.6 is 11.6 Å². The van der Waals surface area contributed by atoms with Crippen LogP contribution in [0.5, 0.6) is 5.75 Å². The number of hydrogen-bond acceptors (Lipinski definition) is 4. The number of aromatic nitrogens is 1. The maximum Gasteiger partial charge on any atom is 0.211 e. The van der Waals surface area contributed by atoms with Crippen LogP contribution in [0.4, 0.5) is 0 Å². The fraction of sp³-hybridized carbons (Fsp3) is 0.250. The average Bonchev–Trinajstić information content (AvgIpc) is 2.64. The summed E-state index contributed by atoms with van der Waals surface area (Å²) >= 11 is 5.86. The van der Waals surface area contributed by atoms with Crippen LogP contribution in [0.3, 0.4) is 0 Å². The SMILES string of the molecule is CCCn1cc(S(=O)(=O)c2ccc(Cl)cc2)c(=O)c2cc(OCC)ccc21. The maximum absolute atomic E-state index is 13.1. The van der Waals surface area contributed by atoms with Gasteiger partial charge in [-0.2, -0.15) is 0 Å². The Hall–Kier alpha value is -2.31. The van der Waals surface area contributed by atoms with E-state index in [0.29, 0.717) is 34.8 Å². The van der Waals surface area contributed by atoms with Crippen molar-refractivity contribution in [3.8, 4) is 5.75 Å². The highest BCUT2D eigenvalue weighted by molar-refractivity contribution is 7.91. The molecule has 5 nitrogen and oxygen atoms in total. The minimum atomic E-state index is -3.98. The highest BCUT2D eigenvalue weighted by Crippen LogP contribution is 2.25. The van der Waals surface area contributed by atoms with Gasteiger partial charge in [0.2, 0.25) is 15.3 Å². The van der Waals surface area contributed by atoms with E-state index >= 15 is 0 Å². The Morgan fingerprint density at radius 3 is 2.41 bits per heavy atom. The van der Waals surface area contributed by atoms with Crippen molar-refractivity contribution in [2.45, 2.75) is 36.6 Å². The van der Waals surface area contributed by atoms with Gasteiger partial charge >= 0.3 is 0 Å². The fourth-order valence-electron chi connectivity index (χ4n) is 2.96. The lowest BCUT2D eigenvalue weighted by atomic mass is 10.2. The molecule has 0 spiro atoms. The quantitative estimate of drug-likeness (QED) is 0.613. The van der Waals surface area contributed by atoms with Gasteiger partial charge in [-0.15, -0.1) is 0 Å². The van der Waals surface area contributed by atoms with E-state index in [9.17, 15) is 13.2 Å². The Balaban J connectivity index is 2.30. The molecule has 0 saturated heterocycles. The van der Waals surface area contributed by atoms with Crippen molar-refractivity contribution < 1.29 is 13.2 Å². The van der Waals surface area contributed by atoms with Crippen molar-refractivity contribution in [3.63, 3.8) is 0 Å². The molecular weight excluding hydrogens is 386 g/mol. The lowest BCUT2D eigenvalue weighted by Crippen LogP contribution is -2.19. The molecule has 142 valence electrons. The molecule has 3 aromatic rings. The lowest BCUT2D eigenvalue weighted by Gasteiger charge is -2.14. The zero-order chi connectivity index (χ0) is 19.6. The van der Waals surface area contributed by atoms with Gasteiger partial charge in [-0.3, -0.25) is 4.79 Å². The van der Waals surface area contributed by atoms with Crippen LogP contribution in [0.1, 0.15) is 20.3 Å². The van der Waals surface area contributed by atoms with Crippen LogP contribution in [0.2, 0.25) is 5.02 Å². The summed E-state index contributed by atoms with van der Waals surface area (Å²) in [5.74, 6) is 0.534. The molecule has 0 bridgehead atoms. The van der Waals surface area contributed by atoms with Gasteiger partial charge in [0.05, 0.1) is 22.4 Å². The molecule has 0 N–H and O–H groups in total. The van der Waals surface area contributed by atoms with Crippen molar-refractivity contribution in [1.29, 1.82) is 0 Å². The molecular formula is C20H20ClNO4S. The average molecular weight is 406 g/mol. The molecule has 1 heterocycles. The van der Waals surface area contributed by atoms with E-state index in [1.807, 2.05) is 13.8 Å². The van der Waals surface area contributed by atoms with Crippen LogP contribution in [-0.2, 0) is 16.4 Å². The van der Waals surface area contributed by atoms with Gasteiger partial charge in [0.15, 0.2) is 0 Å². The Kier molecular flexibility index (Phi) is 5.58. The second-order valence-electron chi connectivity index (χ2n) is 6.09. The Morgan fingerprint density at radius 1 is 1.07 bits per heavy atom. The van der Waals surface area contributed by atoms with Crippen molar-refractivity contribution in [2.24, 2.45) is 0 Å². The van der Waals surface area contributed by atoms with Crippen molar-refractivity contribution in [1.82, 2.24) is 4.57 Å². The van der Waals surface area contributed by atoms with Crippen LogP contribution in [0.25, 0.3) is 10.9 Å². The number of pyridine rings is 1. The van der Waals surface area contributed by atoms with Gasteiger partial charge in [-0.1, -0.05) is 18.5 Å². The van der Waals surface area contributed by atoms with E-state index in [1.54, 1.807) is 22.8 Å². The smallest absolute Gasteiger partial charge is 0.211 e. The third-order valence-corrected chi connectivity index (χ3v) is 6.22. The molecule has 27 heavy (non-hydrogen) atoms. The predicted molar refractivity (Wildman–Crippen MR) is 107 cm³/mol. The number of benzene rings is 2. The zero-order valence-electron chi connectivity index (χ0n) is 15.1. The van der Waals surface area contributed by atoms with E-state index in [2.05, 4.69) is 0 Å². The third kappa shape index (κ3) is 3.73. The van der Waals surface area contributed by atoms with Crippen LogP contribution in [0, 0.1) is 0 Å². The summed E-state index contributed by atoms with van der Waals surface area (Å²) in [5.41, 5.74) is 0.147. The number of sulfone groups is 1. The molecule has 0 amide bonds. The number of aryl methyl sites for hydroxylation is 1. The predicted octanol–water partition coefficient (Wildman–Crippen LogP) is 4.30. The number of halogens is 1. The number of fused-ring (bicyclic) bond motifs is 1. The van der Waals surface area contributed by atoms with E-state index in [0.717, 1.165) is 6.42 Å². The third-order valence-electron chi connectivity index (χ3n) is 4.21. The van der Waals surface area contributed by atoms with E-state index < -0.39 is 15.3 Å². The molecule has 0 aliphatic rings. The number of ether oxygens (including phenoxy) is 1. The highest BCUT2D eigenvalue weighted by Gasteiger charge is 2.24. The molecule has 0 saturated carbocycles. The molecule has 0 radical (unpaired) electrons. The second-order valence-corrected chi connectivity index (χ2v) is 8.44. The molecule has 2 aromatic carbocycles. The molecule has 1 aromatic heterocycles. The van der Waals surface area contributed by atoms with Crippen molar-refractivity contribution >= 4 is 32.3 Å². The topological polar surface area (TPSA) is 65.4 Å². The molecule has 0 atom stereocenters. The van der Waals surface area contributed by atoms with E-state index in [1.165, 1.54) is 30.5 Å². The van der Waals surface area contributed by atoms with Gasteiger partial charge in [-0.05, 0) is 55.8 Å².